The molecule has 0 aromatic carbocycles. The number of rotatable bonds is 1. The summed E-state index contributed by atoms with van der Waals surface area (Å²) >= 11 is 0. The van der Waals surface area contributed by atoms with Crippen LogP contribution in [-0.2, 0) is 4.79 Å². The van der Waals surface area contributed by atoms with Crippen LogP contribution in [-0.4, -0.2) is 12.1 Å². The van der Waals surface area contributed by atoms with E-state index in [2.05, 4.69) is 5.73 Å². The molecule has 0 heterocycles. The van der Waals surface area contributed by atoms with E-state index < -0.39 is 17.7 Å². The SMILES string of the molecule is C/C=C(/C(N)=O)C(F)(F)F. The number of primary amides is 1. The number of halogens is 3. The fraction of sp³-hybridized carbons (Fsp3) is 0.400. The number of amides is 1. The molecule has 2 nitrogen and oxygen atoms in total. The van der Waals surface area contributed by atoms with Crippen molar-refractivity contribution >= 4 is 5.91 Å². The highest BCUT2D eigenvalue weighted by atomic mass is 19.4. The Hall–Kier alpha value is -1.00. The van der Waals surface area contributed by atoms with Crippen LogP contribution in [0.4, 0.5) is 13.2 Å². The smallest absolute Gasteiger partial charge is 0.366 e. The molecule has 5 heteroatoms. The number of hydrogen-bond donors (Lipinski definition) is 1. The van der Waals surface area contributed by atoms with Gasteiger partial charge in [0.1, 0.15) is 5.57 Å². The van der Waals surface area contributed by atoms with E-state index in [-0.39, 0.29) is 0 Å². The van der Waals surface area contributed by atoms with E-state index in [1.54, 1.807) is 0 Å². The summed E-state index contributed by atoms with van der Waals surface area (Å²) in [6.07, 6.45) is -3.98. The molecule has 0 fully saturated rings. The van der Waals surface area contributed by atoms with Crippen LogP contribution < -0.4 is 5.73 Å². The van der Waals surface area contributed by atoms with Gasteiger partial charge < -0.3 is 5.73 Å². The van der Waals surface area contributed by atoms with Gasteiger partial charge in [-0.05, 0) is 6.92 Å². The number of allylic oxidation sites excluding steroid dienone is 1. The van der Waals surface area contributed by atoms with Crippen LogP contribution in [0.15, 0.2) is 11.6 Å². The first kappa shape index (κ1) is 9.00. The van der Waals surface area contributed by atoms with Crippen molar-refractivity contribution in [2.75, 3.05) is 0 Å². The molecule has 0 rings (SSSR count). The van der Waals surface area contributed by atoms with Gasteiger partial charge in [-0.1, -0.05) is 6.08 Å². The summed E-state index contributed by atoms with van der Waals surface area (Å²) in [5.74, 6) is -1.45. The predicted octanol–water partition coefficient (Wildman–Crippen LogP) is 0.980. The molecule has 0 unspecified atom stereocenters. The number of nitrogens with two attached hydrogens (primary N) is 1. The molecule has 0 aliphatic carbocycles. The van der Waals surface area contributed by atoms with Crippen LogP contribution in [0.3, 0.4) is 0 Å². The molecule has 2 N–H and O–H groups in total. The Labute approximate surface area is 55.5 Å². The molecule has 1 amide bonds. The lowest BCUT2D eigenvalue weighted by molar-refractivity contribution is -0.128. The zero-order chi connectivity index (χ0) is 8.36. The minimum Gasteiger partial charge on any atom is -0.366 e. The van der Waals surface area contributed by atoms with E-state index in [9.17, 15) is 18.0 Å². The maximum atomic E-state index is 11.6. The van der Waals surface area contributed by atoms with Gasteiger partial charge in [-0.3, -0.25) is 4.79 Å². The Balaban J connectivity index is 4.56. The highest BCUT2D eigenvalue weighted by Gasteiger charge is 2.36. The van der Waals surface area contributed by atoms with Crippen LogP contribution in [0.5, 0.6) is 0 Å². The summed E-state index contributed by atoms with van der Waals surface area (Å²) in [7, 11) is 0. The van der Waals surface area contributed by atoms with Crippen molar-refractivity contribution in [3.05, 3.63) is 11.6 Å². The predicted molar refractivity (Wildman–Crippen MR) is 29.0 cm³/mol. The van der Waals surface area contributed by atoms with Crippen LogP contribution in [0, 0.1) is 0 Å². The molecule has 0 aromatic heterocycles. The van der Waals surface area contributed by atoms with E-state index >= 15 is 0 Å². The zero-order valence-electron chi connectivity index (χ0n) is 5.20. The van der Waals surface area contributed by atoms with Crippen LogP contribution in [0.1, 0.15) is 6.92 Å². The Morgan fingerprint density at radius 2 is 1.90 bits per heavy atom. The lowest BCUT2D eigenvalue weighted by Crippen LogP contribution is -2.25. The van der Waals surface area contributed by atoms with Gasteiger partial charge in [0.05, 0.1) is 0 Å². The number of carbonyl (C=O) groups excluding carboxylic acids is 1. The lowest BCUT2D eigenvalue weighted by Gasteiger charge is -2.05. The Morgan fingerprint density at radius 1 is 1.50 bits per heavy atom. The van der Waals surface area contributed by atoms with E-state index in [1.807, 2.05) is 0 Å². The topological polar surface area (TPSA) is 43.1 Å². The Morgan fingerprint density at radius 3 is 1.90 bits per heavy atom. The van der Waals surface area contributed by atoms with Gasteiger partial charge in [0.25, 0.3) is 5.91 Å². The van der Waals surface area contributed by atoms with Gasteiger partial charge in [-0.2, -0.15) is 13.2 Å². The number of hydrogen-bond acceptors (Lipinski definition) is 1. The first-order chi connectivity index (χ1) is 4.39. The quantitative estimate of drug-likeness (QED) is 0.560. The molecular formula is C5H6F3NO. The van der Waals surface area contributed by atoms with Crippen molar-refractivity contribution in [3.63, 3.8) is 0 Å². The van der Waals surface area contributed by atoms with Crippen molar-refractivity contribution in [2.24, 2.45) is 5.73 Å². The Kier molecular flexibility index (Phi) is 2.45. The molecule has 10 heavy (non-hydrogen) atoms. The highest BCUT2D eigenvalue weighted by molar-refractivity contribution is 5.93. The summed E-state index contributed by atoms with van der Waals surface area (Å²) in [6.45, 7) is 1.10. The summed E-state index contributed by atoms with van der Waals surface area (Å²) in [6, 6.07) is 0. The van der Waals surface area contributed by atoms with Crippen LogP contribution in [0.25, 0.3) is 0 Å². The van der Waals surface area contributed by atoms with E-state index in [1.165, 1.54) is 0 Å². The average Bonchev–Trinajstić information content (AvgIpc) is 1.60. The largest absolute Gasteiger partial charge is 0.421 e. The molecule has 0 atom stereocenters. The minimum absolute atomic E-state index is 0.641. The van der Waals surface area contributed by atoms with Crippen LogP contribution in [0.2, 0.25) is 0 Å². The summed E-state index contributed by atoms with van der Waals surface area (Å²) in [5.41, 5.74) is 3.09. The first-order valence-electron chi connectivity index (χ1n) is 2.43. The molecule has 58 valence electrons. The molecule has 0 saturated heterocycles. The zero-order valence-corrected chi connectivity index (χ0v) is 5.20. The van der Waals surface area contributed by atoms with Crippen molar-refractivity contribution in [2.45, 2.75) is 13.1 Å². The van der Waals surface area contributed by atoms with Gasteiger partial charge in [0, 0.05) is 0 Å². The summed E-state index contributed by atoms with van der Waals surface area (Å²) in [5, 5.41) is 0. The van der Waals surface area contributed by atoms with Gasteiger partial charge >= 0.3 is 6.18 Å². The molecule has 0 radical (unpaired) electrons. The van der Waals surface area contributed by atoms with Crippen molar-refractivity contribution < 1.29 is 18.0 Å². The number of carbonyl (C=O) groups is 1. The number of alkyl halides is 3. The molecule has 0 spiro atoms. The van der Waals surface area contributed by atoms with E-state index in [0.717, 1.165) is 6.92 Å². The second kappa shape index (κ2) is 2.72. The third-order valence-corrected chi connectivity index (χ3v) is 0.860. The maximum absolute atomic E-state index is 11.6. The molecule has 0 aliphatic heterocycles. The molecule has 0 aliphatic rings. The van der Waals surface area contributed by atoms with E-state index in [4.69, 9.17) is 0 Å². The average molecular weight is 153 g/mol. The first-order valence-corrected chi connectivity index (χ1v) is 2.43. The van der Waals surface area contributed by atoms with Gasteiger partial charge in [-0.25, -0.2) is 0 Å². The fourth-order valence-corrected chi connectivity index (χ4v) is 0.446. The maximum Gasteiger partial charge on any atom is 0.421 e. The molecule has 0 bridgehead atoms. The Bertz CT molecular complexity index is 170. The highest BCUT2D eigenvalue weighted by Crippen LogP contribution is 2.24. The second-order valence-electron chi connectivity index (χ2n) is 1.56. The molecule has 0 aromatic rings. The minimum atomic E-state index is -4.62. The third kappa shape index (κ3) is 2.08. The fourth-order valence-electron chi connectivity index (χ4n) is 0.446. The van der Waals surface area contributed by atoms with E-state index in [0.29, 0.717) is 6.08 Å². The van der Waals surface area contributed by atoms with Crippen molar-refractivity contribution in [3.8, 4) is 0 Å². The third-order valence-electron chi connectivity index (χ3n) is 0.860. The van der Waals surface area contributed by atoms with Crippen molar-refractivity contribution in [1.29, 1.82) is 0 Å². The van der Waals surface area contributed by atoms with Gasteiger partial charge in [-0.15, -0.1) is 0 Å². The second-order valence-corrected chi connectivity index (χ2v) is 1.56. The summed E-state index contributed by atoms with van der Waals surface area (Å²) in [4.78, 5) is 10.0. The van der Waals surface area contributed by atoms with Gasteiger partial charge in [0.2, 0.25) is 0 Å². The lowest BCUT2D eigenvalue weighted by atomic mass is 10.2. The normalized spacial score (nSPS) is 13.4. The van der Waals surface area contributed by atoms with Gasteiger partial charge in [0.15, 0.2) is 0 Å². The molecule has 0 saturated carbocycles. The van der Waals surface area contributed by atoms with Crippen LogP contribution >= 0.6 is 0 Å². The molecular weight excluding hydrogens is 147 g/mol. The summed E-state index contributed by atoms with van der Waals surface area (Å²) < 4.78 is 34.8. The van der Waals surface area contributed by atoms with Crippen molar-refractivity contribution in [1.82, 2.24) is 0 Å². The monoisotopic (exact) mass is 153 g/mol. The standard InChI is InChI=1S/C5H6F3NO/c1-2-3(4(9)10)5(6,7)8/h2H,1H3,(H2,9,10)/b3-2-.